The molecule has 21 heavy (non-hydrogen) atoms. The summed E-state index contributed by atoms with van der Waals surface area (Å²) in [6.07, 6.45) is 0.423. The number of halogens is 1. The SMILES string of the molecule is O=S(=O)(CCCCl)Nc1ccc(Oc2ccccc2)cc1. The lowest BCUT2D eigenvalue weighted by atomic mass is 10.3. The molecule has 1 N–H and O–H groups in total. The number of alkyl halides is 1. The number of hydrogen-bond donors (Lipinski definition) is 1. The Hall–Kier alpha value is -1.72. The summed E-state index contributed by atoms with van der Waals surface area (Å²) in [6.45, 7) is 0. The third-order valence-corrected chi connectivity index (χ3v) is 4.29. The van der Waals surface area contributed by atoms with Crippen molar-refractivity contribution in [1.29, 1.82) is 0 Å². The van der Waals surface area contributed by atoms with E-state index in [1.807, 2.05) is 30.3 Å². The van der Waals surface area contributed by atoms with E-state index < -0.39 is 10.0 Å². The van der Waals surface area contributed by atoms with Gasteiger partial charge in [0.2, 0.25) is 10.0 Å². The molecule has 0 aliphatic carbocycles. The maximum absolute atomic E-state index is 11.7. The van der Waals surface area contributed by atoms with Crippen LogP contribution in [0.1, 0.15) is 6.42 Å². The molecule has 2 rings (SSSR count). The zero-order valence-corrected chi connectivity index (χ0v) is 12.9. The van der Waals surface area contributed by atoms with Gasteiger partial charge in [0.05, 0.1) is 5.75 Å². The monoisotopic (exact) mass is 325 g/mol. The highest BCUT2D eigenvalue weighted by atomic mass is 35.5. The lowest BCUT2D eigenvalue weighted by Gasteiger charge is -2.09. The fraction of sp³-hybridized carbons (Fsp3) is 0.200. The van der Waals surface area contributed by atoms with Crippen LogP contribution in [-0.4, -0.2) is 20.1 Å². The van der Waals surface area contributed by atoms with E-state index in [2.05, 4.69) is 4.72 Å². The average Bonchev–Trinajstić information content (AvgIpc) is 2.48. The van der Waals surface area contributed by atoms with Gasteiger partial charge in [-0.15, -0.1) is 11.6 Å². The molecule has 4 nitrogen and oxygen atoms in total. The van der Waals surface area contributed by atoms with Gasteiger partial charge in [-0.2, -0.15) is 0 Å². The van der Waals surface area contributed by atoms with Gasteiger partial charge in [0.1, 0.15) is 11.5 Å². The molecule has 6 heteroatoms. The first kappa shape index (κ1) is 15.7. The molecule has 0 aromatic heterocycles. The number of sulfonamides is 1. The third kappa shape index (κ3) is 5.28. The zero-order valence-electron chi connectivity index (χ0n) is 11.3. The largest absolute Gasteiger partial charge is 0.457 e. The van der Waals surface area contributed by atoms with Gasteiger partial charge in [0, 0.05) is 11.6 Å². The molecular formula is C15H16ClNO3S. The van der Waals surface area contributed by atoms with Crippen LogP contribution >= 0.6 is 11.6 Å². The van der Waals surface area contributed by atoms with Crippen LogP contribution in [0.15, 0.2) is 54.6 Å². The summed E-state index contributed by atoms with van der Waals surface area (Å²) in [6, 6.07) is 16.1. The van der Waals surface area contributed by atoms with Crippen molar-refractivity contribution in [1.82, 2.24) is 0 Å². The fourth-order valence-corrected chi connectivity index (χ4v) is 3.10. The van der Waals surface area contributed by atoms with E-state index in [1.165, 1.54) is 0 Å². The van der Waals surface area contributed by atoms with Crippen LogP contribution in [0.3, 0.4) is 0 Å². The smallest absolute Gasteiger partial charge is 0.232 e. The van der Waals surface area contributed by atoms with Crippen molar-refractivity contribution in [3.8, 4) is 11.5 Å². The second-order valence-corrected chi connectivity index (χ2v) is 6.62. The lowest BCUT2D eigenvalue weighted by Crippen LogP contribution is -2.16. The van der Waals surface area contributed by atoms with Crippen molar-refractivity contribution >= 4 is 27.3 Å². The topological polar surface area (TPSA) is 55.4 Å². The fourth-order valence-electron chi connectivity index (χ4n) is 1.69. The van der Waals surface area contributed by atoms with Gasteiger partial charge in [-0.3, -0.25) is 4.72 Å². The predicted molar refractivity (Wildman–Crippen MR) is 85.7 cm³/mol. The van der Waals surface area contributed by atoms with Crippen molar-refractivity contribution < 1.29 is 13.2 Å². The number of hydrogen-bond acceptors (Lipinski definition) is 3. The van der Waals surface area contributed by atoms with Gasteiger partial charge in [-0.1, -0.05) is 18.2 Å². The van der Waals surface area contributed by atoms with Crippen LogP contribution in [-0.2, 0) is 10.0 Å². The summed E-state index contributed by atoms with van der Waals surface area (Å²) < 4.78 is 31.6. The number of nitrogens with one attached hydrogen (secondary N) is 1. The summed E-state index contributed by atoms with van der Waals surface area (Å²) in [5.74, 6) is 1.71. The van der Waals surface area contributed by atoms with E-state index in [1.54, 1.807) is 24.3 Å². The quantitative estimate of drug-likeness (QED) is 0.787. The van der Waals surface area contributed by atoms with E-state index in [9.17, 15) is 8.42 Å². The minimum atomic E-state index is -3.34. The number of benzene rings is 2. The summed E-state index contributed by atoms with van der Waals surface area (Å²) in [4.78, 5) is 0. The zero-order chi connectivity index (χ0) is 15.1. The Kier molecular flexibility index (Phi) is 5.47. The summed E-state index contributed by atoms with van der Waals surface area (Å²) >= 11 is 5.50. The molecule has 2 aromatic rings. The Morgan fingerprint density at radius 2 is 1.57 bits per heavy atom. The highest BCUT2D eigenvalue weighted by molar-refractivity contribution is 7.92. The highest BCUT2D eigenvalue weighted by Gasteiger charge is 2.09. The van der Waals surface area contributed by atoms with Crippen LogP contribution in [0, 0.1) is 0 Å². The molecule has 0 aliphatic rings. The van der Waals surface area contributed by atoms with Crippen LogP contribution < -0.4 is 9.46 Å². The highest BCUT2D eigenvalue weighted by Crippen LogP contribution is 2.23. The van der Waals surface area contributed by atoms with Gasteiger partial charge in [-0.25, -0.2) is 8.42 Å². The van der Waals surface area contributed by atoms with Crippen molar-refractivity contribution in [2.75, 3.05) is 16.4 Å². The minimum Gasteiger partial charge on any atom is -0.457 e. The molecule has 2 aromatic carbocycles. The number of ether oxygens (including phenoxy) is 1. The molecule has 112 valence electrons. The van der Waals surface area contributed by atoms with Crippen molar-refractivity contribution in [2.24, 2.45) is 0 Å². The Bertz CT molecular complexity index is 657. The van der Waals surface area contributed by atoms with Crippen LogP contribution in [0.4, 0.5) is 5.69 Å². The van der Waals surface area contributed by atoms with Gasteiger partial charge in [0.25, 0.3) is 0 Å². The first-order valence-corrected chi connectivity index (χ1v) is 8.67. The lowest BCUT2D eigenvalue weighted by molar-refractivity contribution is 0.483. The molecular weight excluding hydrogens is 310 g/mol. The van der Waals surface area contributed by atoms with Gasteiger partial charge in [0.15, 0.2) is 0 Å². The van der Waals surface area contributed by atoms with Crippen LogP contribution in [0.2, 0.25) is 0 Å². The second kappa shape index (κ2) is 7.33. The molecule has 0 unspecified atom stereocenters. The molecule has 0 spiro atoms. The Morgan fingerprint density at radius 1 is 0.952 bits per heavy atom. The Balaban J connectivity index is 1.99. The van der Waals surface area contributed by atoms with E-state index in [0.29, 0.717) is 23.7 Å². The third-order valence-electron chi connectivity index (χ3n) is 2.65. The van der Waals surface area contributed by atoms with E-state index in [0.717, 1.165) is 5.75 Å². The number of rotatable bonds is 7. The molecule has 0 heterocycles. The minimum absolute atomic E-state index is 0.0127. The molecule has 0 amide bonds. The number of para-hydroxylation sites is 1. The predicted octanol–water partition coefficient (Wildman–Crippen LogP) is 3.85. The van der Waals surface area contributed by atoms with Gasteiger partial charge >= 0.3 is 0 Å². The van der Waals surface area contributed by atoms with Crippen molar-refractivity contribution in [3.05, 3.63) is 54.6 Å². The van der Waals surface area contributed by atoms with E-state index in [4.69, 9.17) is 16.3 Å². The maximum atomic E-state index is 11.7. The molecule has 0 atom stereocenters. The summed E-state index contributed by atoms with van der Waals surface area (Å²) in [7, 11) is -3.34. The Labute approximate surface area is 129 Å². The van der Waals surface area contributed by atoms with Crippen molar-refractivity contribution in [3.63, 3.8) is 0 Å². The second-order valence-electron chi connectivity index (χ2n) is 4.40. The standard InChI is InChI=1S/C15H16ClNO3S/c16-11-4-12-21(18,19)17-13-7-9-15(10-8-13)20-14-5-2-1-3-6-14/h1-3,5-10,17H,4,11-12H2. The molecule has 0 saturated heterocycles. The average molecular weight is 326 g/mol. The normalized spacial score (nSPS) is 11.1. The Morgan fingerprint density at radius 3 is 2.19 bits per heavy atom. The van der Waals surface area contributed by atoms with Crippen LogP contribution in [0.5, 0.6) is 11.5 Å². The molecule has 0 bridgehead atoms. The maximum Gasteiger partial charge on any atom is 0.232 e. The molecule has 0 aliphatic heterocycles. The van der Waals surface area contributed by atoms with Gasteiger partial charge in [-0.05, 0) is 42.8 Å². The molecule has 0 radical (unpaired) electrons. The molecule has 0 saturated carbocycles. The van der Waals surface area contributed by atoms with Gasteiger partial charge < -0.3 is 4.74 Å². The molecule has 0 fully saturated rings. The van der Waals surface area contributed by atoms with Crippen molar-refractivity contribution in [2.45, 2.75) is 6.42 Å². The summed E-state index contributed by atoms with van der Waals surface area (Å²) in [5, 5.41) is 0. The van der Waals surface area contributed by atoms with E-state index in [-0.39, 0.29) is 5.75 Å². The van der Waals surface area contributed by atoms with E-state index >= 15 is 0 Å². The number of anilines is 1. The first-order valence-electron chi connectivity index (χ1n) is 6.48. The van der Waals surface area contributed by atoms with Crippen LogP contribution in [0.25, 0.3) is 0 Å². The summed E-state index contributed by atoms with van der Waals surface area (Å²) in [5.41, 5.74) is 0.505. The first-order chi connectivity index (χ1) is 10.1.